The maximum absolute atomic E-state index is 13.1. The molecular weight excluding hydrogens is 450 g/mol. The summed E-state index contributed by atoms with van der Waals surface area (Å²) in [6.07, 6.45) is 1.62. The Hall–Kier alpha value is -3.56. The summed E-state index contributed by atoms with van der Waals surface area (Å²) in [6, 6.07) is 16.8. The van der Waals surface area contributed by atoms with Crippen LogP contribution in [0.3, 0.4) is 0 Å². The molecule has 2 N–H and O–H groups in total. The molecule has 1 aliphatic heterocycles. The molecule has 1 amide bonds. The van der Waals surface area contributed by atoms with E-state index in [1.54, 1.807) is 7.05 Å². The third-order valence-electron chi connectivity index (χ3n) is 6.11. The number of nitrogens with one attached hydrogen (secondary N) is 1. The molecule has 9 heteroatoms. The second-order valence-electron chi connectivity index (χ2n) is 8.36. The molecule has 4 aromatic rings. The molecule has 1 aliphatic rings. The second kappa shape index (κ2) is 9.36. The number of aliphatic hydroxyl groups excluding tert-OH is 1. The van der Waals surface area contributed by atoms with E-state index in [-0.39, 0.29) is 24.1 Å². The fraction of sp³-hybridized carbons (Fsp3) is 0.280. The first-order valence-electron chi connectivity index (χ1n) is 11.2. The van der Waals surface area contributed by atoms with Crippen molar-refractivity contribution < 1.29 is 9.90 Å². The Labute approximate surface area is 200 Å². The molecule has 34 heavy (non-hydrogen) atoms. The van der Waals surface area contributed by atoms with Crippen molar-refractivity contribution >= 4 is 32.7 Å². The number of thiazole rings is 1. The Bertz CT molecular complexity index is 1400. The van der Waals surface area contributed by atoms with Gasteiger partial charge in [0.25, 0.3) is 5.56 Å². The lowest BCUT2D eigenvalue weighted by atomic mass is 10.1. The highest BCUT2D eigenvalue weighted by Gasteiger charge is 2.33. The van der Waals surface area contributed by atoms with Gasteiger partial charge in [-0.2, -0.15) is 0 Å². The van der Waals surface area contributed by atoms with Gasteiger partial charge in [-0.25, -0.2) is 9.97 Å². The number of rotatable bonds is 6. The molecule has 1 unspecified atom stereocenters. The van der Waals surface area contributed by atoms with Crippen LogP contribution in [-0.4, -0.2) is 38.1 Å². The van der Waals surface area contributed by atoms with E-state index >= 15 is 0 Å². The number of amides is 1. The van der Waals surface area contributed by atoms with Gasteiger partial charge in [-0.15, -0.1) is 0 Å². The average molecular weight is 476 g/mol. The number of carbonyl (C=O) groups is 1. The van der Waals surface area contributed by atoms with E-state index in [0.29, 0.717) is 34.4 Å². The molecule has 1 fully saturated rings. The summed E-state index contributed by atoms with van der Waals surface area (Å²) in [7, 11) is 1.67. The number of hydrogen-bond donors (Lipinski definition) is 2. The first-order chi connectivity index (χ1) is 16.5. The van der Waals surface area contributed by atoms with Crippen LogP contribution in [0.4, 0.5) is 5.13 Å². The summed E-state index contributed by atoms with van der Waals surface area (Å²) >= 11 is 1.33. The summed E-state index contributed by atoms with van der Waals surface area (Å²) in [4.78, 5) is 37.9. The van der Waals surface area contributed by atoms with E-state index < -0.39 is 0 Å². The molecule has 0 aliphatic carbocycles. The summed E-state index contributed by atoms with van der Waals surface area (Å²) in [5, 5.41) is 13.1. The number of aliphatic hydroxyl groups is 1. The Morgan fingerprint density at radius 2 is 1.94 bits per heavy atom. The van der Waals surface area contributed by atoms with Gasteiger partial charge in [0.15, 0.2) is 15.5 Å². The van der Waals surface area contributed by atoms with Gasteiger partial charge in [-0.1, -0.05) is 59.9 Å². The van der Waals surface area contributed by atoms with Crippen molar-refractivity contribution in [3.63, 3.8) is 0 Å². The Balaban J connectivity index is 1.43. The number of benzene rings is 2. The van der Waals surface area contributed by atoms with E-state index in [4.69, 9.17) is 4.98 Å². The van der Waals surface area contributed by atoms with E-state index in [1.165, 1.54) is 15.9 Å². The monoisotopic (exact) mass is 475 g/mol. The second-order valence-corrected chi connectivity index (χ2v) is 9.32. The van der Waals surface area contributed by atoms with Crippen molar-refractivity contribution in [1.82, 2.24) is 19.9 Å². The topological polar surface area (TPSA) is 100 Å². The highest BCUT2D eigenvalue weighted by molar-refractivity contribution is 7.21. The van der Waals surface area contributed by atoms with Gasteiger partial charge in [-0.05, 0) is 30.0 Å². The molecule has 0 saturated carbocycles. The highest BCUT2D eigenvalue weighted by atomic mass is 32.1. The molecule has 0 spiro atoms. The van der Waals surface area contributed by atoms with Crippen molar-refractivity contribution in [2.75, 3.05) is 11.4 Å². The molecule has 3 heterocycles. The molecule has 2 aromatic heterocycles. The minimum atomic E-state index is -0.325. The zero-order valence-electron chi connectivity index (χ0n) is 18.8. The number of hydrogen-bond acceptors (Lipinski definition) is 7. The molecular formula is C25H25N5O3S. The first kappa shape index (κ1) is 22.2. The maximum atomic E-state index is 13.1. The fourth-order valence-corrected chi connectivity index (χ4v) is 5.31. The predicted octanol–water partition coefficient (Wildman–Crippen LogP) is 2.83. The van der Waals surface area contributed by atoms with E-state index in [1.807, 2.05) is 59.5 Å². The quantitative estimate of drug-likeness (QED) is 0.445. The van der Waals surface area contributed by atoms with Crippen LogP contribution in [0.5, 0.6) is 0 Å². The predicted molar refractivity (Wildman–Crippen MR) is 133 cm³/mol. The van der Waals surface area contributed by atoms with Crippen molar-refractivity contribution in [1.29, 1.82) is 0 Å². The fourth-order valence-electron chi connectivity index (χ4n) is 4.30. The summed E-state index contributed by atoms with van der Waals surface area (Å²) in [6.45, 7) is 1.09. The Morgan fingerprint density at radius 3 is 2.74 bits per heavy atom. The average Bonchev–Trinajstić information content (AvgIpc) is 3.53. The standard InChI is InChI=1S/C25H25N5O3S/c1-29-21(18-10-5-9-17(13-18)15-31)28-23-20(24(29)33)27-25(34-23)30-12-6-11-19(30)22(32)26-14-16-7-3-2-4-8-16/h2-5,7-10,13,19,31H,6,11-12,14-15H2,1H3,(H,26,32). The number of nitrogens with zero attached hydrogens (tertiary/aromatic N) is 4. The van der Waals surface area contributed by atoms with Crippen LogP contribution >= 0.6 is 11.3 Å². The minimum Gasteiger partial charge on any atom is -0.392 e. The van der Waals surface area contributed by atoms with Crippen LogP contribution in [0.2, 0.25) is 0 Å². The number of aromatic nitrogens is 3. The van der Waals surface area contributed by atoms with Gasteiger partial charge in [0, 0.05) is 25.7 Å². The molecule has 1 atom stereocenters. The number of anilines is 1. The SMILES string of the molecule is Cn1c(-c2cccc(CO)c2)nc2sc(N3CCCC3C(=O)NCc3ccccc3)nc2c1=O. The van der Waals surface area contributed by atoms with Gasteiger partial charge >= 0.3 is 0 Å². The molecule has 1 saturated heterocycles. The van der Waals surface area contributed by atoms with Crippen LogP contribution in [0.25, 0.3) is 21.7 Å². The van der Waals surface area contributed by atoms with Gasteiger partial charge in [0.05, 0.1) is 6.61 Å². The van der Waals surface area contributed by atoms with Gasteiger partial charge in [0.1, 0.15) is 11.9 Å². The van der Waals surface area contributed by atoms with Gasteiger partial charge in [0.2, 0.25) is 5.91 Å². The summed E-state index contributed by atoms with van der Waals surface area (Å²) in [5.74, 6) is 0.476. The largest absolute Gasteiger partial charge is 0.392 e. The third kappa shape index (κ3) is 4.20. The molecule has 0 radical (unpaired) electrons. The summed E-state index contributed by atoms with van der Waals surface area (Å²) < 4.78 is 1.48. The van der Waals surface area contributed by atoms with Crippen molar-refractivity contribution in [3.05, 3.63) is 76.1 Å². The van der Waals surface area contributed by atoms with Gasteiger partial charge in [-0.3, -0.25) is 14.2 Å². The van der Waals surface area contributed by atoms with Crippen LogP contribution in [0.1, 0.15) is 24.0 Å². The van der Waals surface area contributed by atoms with E-state index in [9.17, 15) is 14.7 Å². The lowest BCUT2D eigenvalue weighted by Crippen LogP contribution is -2.43. The lowest BCUT2D eigenvalue weighted by Gasteiger charge is -2.23. The highest BCUT2D eigenvalue weighted by Crippen LogP contribution is 2.32. The first-order valence-corrected chi connectivity index (χ1v) is 12.0. The zero-order valence-corrected chi connectivity index (χ0v) is 19.6. The zero-order chi connectivity index (χ0) is 23.7. The maximum Gasteiger partial charge on any atom is 0.281 e. The third-order valence-corrected chi connectivity index (χ3v) is 7.10. The Morgan fingerprint density at radius 1 is 1.15 bits per heavy atom. The van der Waals surface area contributed by atoms with Crippen LogP contribution in [-0.2, 0) is 25.0 Å². The molecule has 174 valence electrons. The van der Waals surface area contributed by atoms with E-state index in [0.717, 1.165) is 29.5 Å². The normalized spacial score (nSPS) is 15.7. The number of fused-ring (bicyclic) bond motifs is 1. The van der Waals surface area contributed by atoms with Crippen molar-refractivity contribution in [3.8, 4) is 11.4 Å². The number of carbonyl (C=O) groups excluding carboxylic acids is 1. The van der Waals surface area contributed by atoms with Gasteiger partial charge < -0.3 is 15.3 Å². The summed E-state index contributed by atoms with van der Waals surface area (Å²) in [5.41, 5.74) is 2.62. The molecule has 8 nitrogen and oxygen atoms in total. The smallest absolute Gasteiger partial charge is 0.281 e. The molecule has 2 aromatic carbocycles. The van der Waals surface area contributed by atoms with Crippen molar-refractivity contribution in [2.24, 2.45) is 7.05 Å². The Kier molecular flexibility index (Phi) is 6.12. The van der Waals surface area contributed by atoms with Crippen LogP contribution in [0, 0.1) is 0 Å². The van der Waals surface area contributed by atoms with Crippen LogP contribution in [0.15, 0.2) is 59.4 Å². The van der Waals surface area contributed by atoms with E-state index in [2.05, 4.69) is 10.3 Å². The molecule has 0 bridgehead atoms. The lowest BCUT2D eigenvalue weighted by molar-refractivity contribution is -0.122. The van der Waals surface area contributed by atoms with Crippen molar-refractivity contribution in [2.45, 2.75) is 32.0 Å². The van der Waals surface area contributed by atoms with Crippen LogP contribution < -0.4 is 15.8 Å². The minimum absolute atomic E-state index is 0.0389. The molecule has 5 rings (SSSR count).